The van der Waals surface area contributed by atoms with Crippen LogP contribution in [0.1, 0.15) is 17.3 Å². The number of benzene rings is 3. The molecule has 3 rings (SSSR count). The average molecular weight is 444 g/mol. The van der Waals surface area contributed by atoms with Crippen molar-refractivity contribution in [2.75, 3.05) is 22.6 Å². The van der Waals surface area contributed by atoms with Crippen molar-refractivity contribution in [1.29, 1.82) is 0 Å². The Bertz CT molecular complexity index is 1060. The van der Waals surface area contributed by atoms with Crippen LogP contribution in [0.5, 0.6) is 5.75 Å². The van der Waals surface area contributed by atoms with Gasteiger partial charge in [-0.1, -0.05) is 23.7 Å². The lowest BCUT2D eigenvalue weighted by molar-refractivity contribution is 0.102. The lowest BCUT2D eigenvalue weighted by Gasteiger charge is -2.13. The summed E-state index contributed by atoms with van der Waals surface area (Å²) < 4.78 is 19.1. The van der Waals surface area contributed by atoms with E-state index in [-0.39, 0.29) is 5.56 Å². The summed E-state index contributed by atoms with van der Waals surface area (Å²) in [6, 6.07) is 18.0. The Morgan fingerprint density at radius 2 is 1.57 bits per heavy atom. The second-order valence-electron chi connectivity index (χ2n) is 6.17. The van der Waals surface area contributed by atoms with Crippen molar-refractivity contribution in [3.05, 3.63) is 83.1 Å². The van der Waals surface area contributed by atoms with E-state index >= 15 is 0 Å². The topological polar surface area (TPSA) is 62.4 Å². The molecular formula is C22H19ClFN3O2S. The lowest BCUT2D eigenvalue weighted by Crippen LogP contribution is -2.19. The van der Waals surface area contributed by atoms with Crippen molar-refractivity contribution in [1.82, 2.24) is 0 Å². The first-order chi connectivity index (χ1) is 14.5. The summed E-state index contributed by atoms with van der Waals surface area (Å²) in [5, 5.41) is 9.61. The van der Waals surface area contributed by atoms with Crippen LogP contribution in [0, 0.1) is 5.82 Å². The largest absolute Gasteiger partial charge is 0.492 e. The third-order valence-electron chi connectivity index (χ3n) is 4.01. The molecule has 3 aromatic rings. The fraction of sp³-hybridized carbons (Fsp3) is 0.0909. The highest BCUT2D eigenvalue weighted by molar-refractivity contribution is 7.80. The molecule has 3 N–H and O–H groups in total. The molecule has 154 valence electrons. The van der Waals surface area contributed by atoms with Crippen LogP contribution in [-0.2, 0) is 0 Å². The van der Waals surface area contributed by atoms with E-state index in [1.807, 2.05) is 13.0 Å². The third kappa shape index (κ3) is 5.68. The van der Waals surface area contributed by atoms with Gasteiger partial charge in [0.05, 0.1) is 17.2 Å². The molecule has 0 fully saturated rings. The summed E-state index contributed by atoms with van der Waals surface area (Å²) in [5.41, 5.74) is 1.95. The molecule has 3 aromatic carbocycles. The predicted molar refractivity (Wildman–Crippen MR) is 123 cm³/mol. The maximum atomic E-state index is 13.7. The zero-order valence-electron chi connectivity index (χ0n) is 16.0. The van der Waals surface area contributed by atoms with Crippen LogP contribution < -0.4 is 20.7 Å². The number of ether oxygens (including phenoxy) is 1. The van der Waals surface area contributed by atoms with E-state index in [1.165, 1.54) is 18.2 Å². The number of carbonyl (C=O) groups excluding carboxylic acids is 1. The van der Waals surface area contributed by atoms with Crippen molar-refractivity contribution < 1.29 is 13.9 Å². The monoisotopic (exact) mass is 443 g/mol. The number of thiocarbonyl (C=S) groups is 1. The van der Waals surface area contributed by atoms with Crippen molar-refractivity contribution in [2.24, 2.45) is 0 Å². The Morgan fingerprint density at radius 3 is 2.20 bits per heavy atom. The molecule has 0 saturated heterocycles. The van der Waals surface area contributed by atoms with E-state index in [9.17, 15) is 9.18 Å². The quantitative estimate of drug-likeness (QED) is 0.411. The van der Waals surface area contributed by atoms with E-state index in [2.05, 4.69) is 16.0 Å². The fourth-order valence-corrected chi connectivity index (χ4v) is 3.10. The van der Waals surface area contributed by atoms with E-state index in [0.29, 0.717) is 33.9 Å². The van der Waals surface area contributed by atoms with Gasteiger partial charge in [0, 0.05) is 17.1 Å². The summed E-state index contributed by atoms with van der Waals surface area (Å²) in [4.78, 5) is 12.2. The molecule has 0 spiro atoms. The van der Waals surface area contributed by atoms with Gasteiger partial charge in [0.25, 0.3) is 5.91 Å². The minimum absolute atomic E-state index is 0.0147. The van der Waals surface area contributed by atoms with Gasteiger partial charge < -0.3 is 20.7 Å². The van der Waals surface area contributed by atoms with Crippen LogP contribution in [0.3, 0.4) is 0 Å². The zero-order valence-corrected chi connectivity index (χ0v) is 17.6. The van der Waals surface area contributed by atoms with Crippen molar-refractivity contribution in [3.8, 4) is 5.75 Å². The SMILES string of the molecule is CCOc1ccc(NC(=S)Nc2ccc(NC(=O)c3ccccc3F)cc2)cc1Cl. The molecule has 1 amide bonds. The number of hydrogen-bond acceptors (Lipinski definition) is 3. The minimum atomic E-state index is -0.570. The molecule has 0 atom stereocenters. The number of halogens is 2. The number of rotatable bonds is 6. The van der Waals surface area contributed by atoms with Crippen LogP contribution in [-0.4, -0.2) is 17.6 Å². The second-order valence-corrected chi connectivity index (χ2v) is 6.98. The number of carbonyl (C=O) groups is 1. The number of hydrogen-bond donors (Lipinski definition) is 3. The summed E-state index contributed by atoms with van der Waals surface area (Å²) in [6.07, 6.45) is 0. The number of anilines is 3. The van der Waals surface area contributed by atoms with E-state index < -0.39 is 11.7 Å². The Morgan fingerprint density at radius 1 is 0.967 bits per heavy atom. The highest BCUT2D eigenvalue weighted by Crippen LogP contribution is 2.27. The molecule has 0 heterocycles. The highest BCUT2D eigenvalue weighted by atomic mass is 35.5. The molecule has 0 aliphatic rings. The van der Waals surface area contributed by atoms with Gasteiger partial charge in [0.2, 0.25) is 0 Å². The van der Waals surface area contributed by atoms with Gasteiger partial charge in [-0.15, -0.1) is 0 Å². The Kier molecular flexibility index (Phi) is 7.21. The molecule has 30 heavy (non-hydrogen) atoms. The van der Waals surface area contributed by atoms with Crippen LogP contribution in [0.4, 0.5) is 21.5 Å². The van der Waals surface area contributed by atoms with Gasteiger partial charge in [-0.3, -0.25) is 4.79 Å². The molecule has 0 bridgehead atoms. The van der Waals surface area contributed by atoms with Gasteiger partial charge in [-0.2, -0.15) is 0 Å². The number of nitrogens with one attached hydrogen (secondary N) is 3. The molecule has 8 heteroatoms. The summed E-state index contributed by atoms with van der Waals surface area (Å²) in [7, 11) is 0. The van der Waals surface area contributed by atoms with E-state index in [4.69, 9.17) is 28.6 Å². The smallest absolute Gasteiger partial charge is 0.258 e. The molecule has 0 aliphatic carbocycles. The average Bonchev–Trinajstić information content (AvgIpc) is 2.72. The maximum absolute atomic E-state index is 13.7. The van der Waals surface area contributed by atoms with Crippen LogP contribution in [0.25, 0.3) is 0 Å². The first kappa shape index (κ1) is 21.5. The Balaban J connectivity index is 1.57. The molecule has 0 unspecified atom stereocenters. The van der Waals surface area contributed by atoms with E-state index in [0.717, 1.165) is 5.69 Å². The van der Waals surface area contributed by atoms with Gasteiger partial charge in [0.1, 0.15) is 11.6 Å². The molecule has 0 aliphatic heterocycles. The molecule has 0 radical (unpaired) electrons. The minimum Gasteiger partial charge on any atom is -0.492 e. The fourth-order valence-electron chi connectivity index (χ4n) is 2.63. The Labute approximate surface area is 184 Å². The van der Waals surface area contributed by atoms with Crippen molar-refractivity contribution >= 4 is 51.9 Å². The summed E-state index contributed by atoms with van der Waals surface area (Å²) >= 11 is 11.5. The van der Waals surface area contributed by atoms with Crippen LogP contribution in [0.2, 0.25) is 5.02 Å². The highest BCUT2D eigenvalue weighted by Gasteiger charge is 2.11. The van der Waals surface area contributed by atoms with Gasteiger partial charge in [0.15, 0.2) is 5.11 Å². The van der Waals surface area contributed by atoms with E-state index in [1.54, 1.807) is 42.5 Å². The molecule has 5 nitrogen and oxygen atoms in total. The lowest BCUT2D eigenvalue weighted by atomic mass is 10.2. The maximum Gasteiger partial charge on any atom is 0.258 e. The standard InChI is InChI=1S/C22H19ClFN3O2S/c1-2-29-20-12-11-16(13-18(20)23)27-22(30)26-15-9-7-14(8-10-15)25-21(28)17-5-3-4-6-19(17)24/h3-13H,2H2,1H3,(H,25,28)(H2,26,27,30). The summed E-state index contributed by atoms with van der Waals surface area (Å²) in [6.45, 7) is 2.42. The normalized spacial score (nSPS) is 10.2. The van der Waals surface area contributed by atoms with Crippen molar-refractivity contribution in [2.45, 2.75) is 6.92 Å². The first-order valence-corrected chi connectivity index (χ1v) is 9.91. The van der Waals surface area contributed by atoms with Gasteiger partial charge in [-0.05, 0) is 73.7 Å². The van der Waals surface area contributed by atoms with Crippen LogP contribution >= 0.6 is 23.8 Å². The molecule has 0 aromatic heterocycles. The Hall–Kier alpha value is -3.16. The van der Waals surface area contributed by atoms with Crippen molar-refractivity contribution in [3.63, 3.8) is 0 Å². The number of amides is 1. The molecule has 0 saturated carbocycles. The summed E-state index contributed by atoms with van der Waals surface area (Å²) in [5.74, 6) is -0.478. The molecular weight excluding hydrogens is 425 g/mol. The van der Waals surface area contributed by atoms with Crippen LogP contribution in [0.15, 0.2) is 66.7 Å². The van der Waals surface area contributed by atoms with Gasteiger partial charge >= 0.3 is 0 Å². The van der Waals surface area contributed by atoms with Gasteiger partial charge in [-0.25, -0.2) is 4.39 Å². The third-order valence-corrected chi connectivity index (χ3v) is 4.51. The first-order valence-electron chi connectivity index (χ1n) is 9.12. The second kappa shape index (κ2) is 10.0. The zero-order chi connectivity index (χ0) is 21.5. The predicted octanol–water partition coefficient (Wildman–Crippen LogP) is 5.94.